The third-order valence-corrected chi connectivity index (χ3v) is 3.00. The fourth-order valence-electron chi connectivity index (χ4n) is 2.09. The molecule has 3 rings (SSSR count). The minimum absolute atomic E-state index is 0.579. The van der Waals surface area contributed by atoms with Gasteiger partial charge in [0.15, 0.2) is 0 Å². The Balaban J connectivity index is 2.01. The van der Waals surface area contributed by atoms with E-state index in [1.165, 1.54) is 0 Å². The summed E-state index contributed by atoms with van der Waals surface area (Å²) in [6.07, 6.45) is 0.963. The zero-order chi connectivity index (χ0) is 12.4. The minimum Gasteiger partial charge on any atom is -0.394 e. The average Bonchev–Trinajstić information content (AvgIpc) is 2.45. The topological polar surface area (TPSA) is 35.5 Å². The first-order valence-electron chi connectivity index (χ1n) is 5.88. The Kier molecular flexibility index (Phi) is 2.73. The number of aryl methyl sites for hydroxylation is 2. The van der Waals surface area contributed by atoms with Gasteiger partial charge in [0.2, 0.25) is 0 Å². The van der Waals surface area contributed by atoms with Crippen molar-refractivity contribution in [1.29, 1.82) is 0 Å². The smallest absolute Gasteiger partial charge is 0.394 e. The molecule has 0 bridgehead atoms. The number of ether oxygens (including phenoxy) is 2. The van der Waals surface area contributed by atoms with Gasteiger partial charge in [0.1, 0.15) is 11.5 Å². The van der Waals surface area contributed by atoms with E-state index in [1.807, 2.05) is 36.4 Å². The summed E-state index contributed by atoms with van der Waals surface area (Å²) >= 11 is 0. The van der Waals surface area contributed by atoms with Crippen LogP contribution in [-0.2, 0) is 12.8 Å². The van der Waals surface area contributed by atoms with Crippen LogP contribution in [0.15, 0.2) is 48.5 Å². The van der Waals surface area contributed by atoms with Crippen LogP contribution in [-0.4, -0.2) is 6.16 Å². The Morgan fingerprint density at radius 3 is 1.67 bits per heavy atom. The molecule has 18 heavy (non-hydrogen) atoms. The van der Waals surface area contributed by atoms with E-state index in [2.05, 4.69) is 0 Å². The van der Waals surface area contributed by atoms with Crippen LogP contribution in [0.5, 0.6) is 11.5 Å². The Labute approximate surface area is 105 Å². The molecule has 1 heterocycles. The monoisotopic (exact) mass is 240 g/mol. The molecule has 2 aromatic carbocycles. The van der Waals surface area contributed by atoms with Crippen LogP contribution in [0, 0.1) is 0 Å². The molecule has 0 atom stereocenters. The Morgan fingerprint density at radius 2 is 1.17 bits per heavy atom. The van der Waals surface area contributed by atoms with Crippen molar-refractivity contribution in [3.63, 3.8) is 0 Å². The molecular formula is C15H12O3. The summed E-state index contributed by atoms with van der Waals surface area (Å²) in [4.78, 5) is 11.7. The van der Waals surface area contributed by atoms with E-state index in [0.29, 0.717) is 11.5 Å². The molecule has 0 N–H and O–H groups in total. The Hall–Kier alpha value is -2.29. The van der Waals surface area contributed by atoms with Crippen molar-refractivity contribution in [3.8, 4) is 11.5 Å². The van der Waals surface area contributed by atoms with E-state index in [-0.39, 0.29) is 0 Å². The predicted molar refractivity (Wildman–Crippen MR) is 66.9 cm³/mol. The van der Waals surface area contributed by atoms with Gasteiger partial charge in [0.25, 0.3) is 0 Å². The van der Waals surface area contributed by atoms with Crippen LogP contribution >= 0.6 is 0 Å². The van der Waals surface area contributed by atoms with Gasteiger partial charge in [-0.1, -0.05) is 36.4 Å². The lowest BCUT2D eigenvalue weighted by Gasteiger charge is -2.07. The first kappa shape index (κ1) is 10.8. The van der Waals surface area contributed by atoms with Gasteiger partial charge in [-0.25, -0.2) is 4.79 Å². The quantitative estimate of drug-likeness (QED) is 0.523. The van der Waals surface area contributed by atoms with Gasteiger partial charge >= 0.3 is 6.16 Å². The summed E-state index contributed by atoms with van der Waals surface area (Å²) in [5.74, 6) is 1.16. The molecule has 0 spiro atoms. The number of hydrogen-bond donors (Lipinski definition) is 0. The van der Waals surface area contributed by atoms with Crippen molar-refractivity contribution in [3.05, 3.63) is 59.7 Å². The fourth-order valence-corrected chi connectivity index (χ4v) is 2.09. The predicted octanol–water partition coefficient (Wildman–Crippen LogP) is 3.36. The highest BCUT2D eigenvalue weighted by Crippen LogP contribution is 2.26. The normalized spacial score (nSPS) is 14.1. The van der Waals surface area contributed by atoms with Gasteiger partial charge in [-0.2, -0.15) is 0 Å². The molecule has 90 valence electrons. The van der Waals surface area contributed by atoms with Gasteiger partial charge in [0, 0.05) is 0 Å². The zero-order valence-corrected chi connectivity index (χ0v) is 9.76. The van der Waals surface area contributed by atoms with E-state index >= 15 is 0 Å². The van der Waals surface area contributed by atoms with Gasteiger partial charge < -0.3 is 9.47 Å². The van der Waals surface area contributed by atoms with Gasteiger partial charge in [0.05, 0.1) is 0 Å². The lowest BCUT2D eigenvalue weighted by Crippen LogP contribution is -2.14. The molecule has 0 amide bonds. The first-order valence-corrected chi connectivity index (χ1v) is 5.88. The maximum Gasteiger partial charge on any atom is 0.519 e. The maximum atomic E-state index is 11.7. The maximum absolute atomic E-state index is 11.7. The number of carbonyl (C=O) groups is 1. The summed E-state index contributed by atoms with van der Waals surface area (Å²) in [5, 5.41) is 0. The van der Waals surface area contributed by atoms with Crippen molar-refractivity contribution in [2.75, 3.05) is 0 Å². The summed E-state index contributed by atoms with van der Waals surface area (Å²) in [6.45, 7) is 0. The Bertz CT molecular complexity index is 538. The van der Waals surface area contributed by atoms with Crippen LogP contribution in [0.25, 0.3) is 0 Å². The van der Waals surface area contributed by atoms with E-state index in [4.69, 9.17) is 9.47 Å². The molecule has 0 saturated heterocycles. The molecule has 0 radical (unpaired) electrons. The summed E-state index contributed by atoms with van der Waals surface area (Å²) in [6, 6.07) is 15.1. The Morgan fingerprint density at radius 1 is 0.722 bits per heavy atom. The van der Waals surface area contributed by atoms with Gasteiger partial charge in [-0.05, 0) is 36.1 Å². The molecule has 1 aliphatic heterocycles. The highest BCUT2D eigenvalue weighted by atomic mass is 16.7. The molecule has 0 unspecified atom stereocenters. The molecule has 3 heteroatoms. The number of rotatable bonds is 0. The molecule has 0 aromatic heterocycles. The lowest BCUT2D eigenvalue weighted by molar-refractivity contribution is 0.151. The second-order valence-electron chi connectivity index (χ2n) is 4.17. The van der Waals surface area contributed by atoms with E-state index in [0.717, 1.165) is 24.0 Å². The lowest BCUT2D eigenvalue weighted by atomic mass is 10.0. The van der Waals surface area contributed by atoms with Crippen LogP contribution in [0.3, 0.4) is 0 Å². The number of para-hydroxylation sites is 2. The largest absolute Gasteiger partial charge is 0.519 e. The molecule has 0 aliphatic carbocycles. The van der Waals surface area contributed by atoms with Crippen LogP contribution in [0.4, 0.5) is 4.79 Å². The number of hydrogen-bond acceptors (Lipinski definition) is 3. The third-order valence-electron chi connectivity index (χ3n) is 3.00. The fraction of sp³-hybridized carbons (Fsp3) is 0.133. The SMILES string of the molecule is O=C1Oc2ccccc2CCc2ccccc2O1. The summed E-state index contributed by atoms with van der Waals surface area (Å²) < 4.78 is 10.4. The molecule has 3 nitrogen and oxygen atoms in total. The van der Waals surface area contributed by atoms with Crippen molar-refractivity contribution in [2.24, 2.45) is 0 Å². The molecule has 0 fully saturated rings. The van der Waals surface area contributed by atoms with Crippen molar-refractivity contribution in [2.45, 2.75) is 12.8 Å². The second-order valence-corrected chi connectivity index (χ2v) is 4.17. The summed E-state index contributed by atoms with van der Waals surface area (Å²) in [5.41, 5.74) is 2.04. The first-order chi connectivity index (χ1) is 8.83. The minimum atomic E-state index is -0.684. The van der Waals surface area contributed by atoms with Crippen molar-refractivity contribution >= 4 is 6.16 Å². The van der Waals surface area contributed by atoms with Crippen LogP contribution in [0.2, 0.25) is 0 Å². The summed E-state index contributed by atoms with van der Waals surface area (Å²) in [7, 11) is 0. The highest BCUT2D eigenvalue weighted by molar-refractivity contribution is 5.68. The molecule has 1 aliphatic rings. The van der Waals surface area contributed by atoms with Crippen molar-refractivity contribution < 1.29 is 14.3 Å². The number of carbonyl (C=O) groups excluding carboxylic acids is 1. The number of benzene rings is 2. The van der Waals surface area contributed by atoms with E-state index in [1.54, 1.807) is 12.1 Å². The van der Waals surface area contributed by atoms with E-state index in [9.17, 15) is 4.79 Å². The van der Waals surface area contributed by atoms with Crippen molar-refractivity contribution in [1.82, 2.24) is 0 Å². The zero-order valence-electron chi connectivity index (χ0n) is 9.76. The van der Waals surface area contributed by atoms with Gasteiger partial charge in [-0.3, -0.25) is 0 Å². The molecule has 2 aromatic rings. The van der Waals surface area contributed by atoms with Crippen LogP contribution < -0.4 is 9.47 Å². The third kappa shape index (κ3) is 2.07. The molecule has 0 saturated carbocycles. The highest BCUT2D eigenvalue weighted by Gasteiger charge is 2.16. The molecular weight excluding hydrogens is 228 g/mol. The van der Waals surface area contributed by atoms with Gasteiger partial charge in [-0.15, -0.1) is 0 Å². The standard InChI is InChI=1S/C15H12O3/c16-15-17-13-7-3-1-5-11(13)9-10-12-6-2-4-8-14(12)18-15/h1-8H,9-10H2. The van der Waals surface area contributed by atoms with Crippen LogP contribution in [0.1, 0.15) is 11.1 Å². The van der Waals surface area contributed by atoms with E-state index < -0.39 is 6.16 Å². The number of fused-ring (bicyclic) bond motifs is 2. The second kappa shape index (κ2) is 4.53. The average molecular weight is 240 g/mol.